The van der Waals surface area contributed by atoms with Crippen LogP contribution in [0.25, 0.3) is 0 Å². The molecular formula is C18H20F2N2O. The zero-order valence-corrected chi connectivity index (χ0v) is 13.2. The van der Waals surface area contributed by atoms with Gasteiger partial charge in [-0.2, -0.15) is 0 Å². The quantitative estimate of drug-likeness (QED) is 0.779. The van der Waals surface area contributed by atoms with E-state index in [4.69, 9.17) is 0 Å². The zero-order valence-electron chi connectivity index (χ0n) is 13.2. The first-order valence-electron chi connectivity index (χ1n) is 7.67. The highest BCUT2D eigenvalue weighted by molar-refractivity contribution is 5.92. The number of carbonyl (C=O) groups excluding carboxylic acids is 1. The summed E-state index contributed by atoms with van der Waals surface area (Å²) in [4.78, 5) is 12.0. The summed E-state index contributed by atoms with van der Waals surface area (Å²) in [7, 11) is 0. The van der Waals surface area contributed by atoms with Crippen molar-refractivity contribution >= 4 is 23.0 Å². The Labute approximate surface area is 134 Å². The van der Waals surface area contributed by atoms with Gasteiger partial charge in [0.2, 0.25) is 5.91 Å². The van der Waals surface area contributed by atoms with Gasteiger partial charge in [-0.1, -0.05) is 19.9 Å². The number of nitrogens with one attached hydrogen (secondary N) is 2. The average molecular weight is 318 g/mol. The van der Waals surface area contributed by atoms with E-state index in [0.29, 0.717) is 11.4 Å². The number of benzene rings is 2. The Balaban J connectivity index is 2.07. The third-order valence-electron chi connectivity index (χ3n) is 3.74. The fourth-order valence-corrected chi connectivity index (χ4v) is 2.30. The van der Waals surface area contributed by atoms with E-state index >= 15 is 0 Å². The van der Waals surface area contributed by atoms with E-state index in [-0.39, 0.29) is 17.5 Å². The van der Waals surface area contributed by atoms with E-state index in [1.807, 2.05) is 13.8 Å². The number of carbonyl (C=O) groups is 1. The molecule has 2 aromatic rings. The molecule has 0 radical (unpaired) electrons. The summed E-state index contributed by atoms with van der Waals surface area (Å²) in [5.74, 6) is -1.34. The van der Waals surface area contributed by atoms with Gasteiger partial charge in [0.15, 0.2) is 0 Å². The van der Waals surface area contributed by atoms with Gasteiger partial charge in [0.05, 0.1) is 0 Å². The van der Waals surface area contributed by atoms with Crippen LogP contribution in [-0.4, -0.2) is 5.91 Å². The number of rotatable bonds is 6. The molecule has 0 unspecified atom stereocenters. The van der Waals surface area contributed by atoms with Crippen LogP contribution in [0.5, 0.6) is 0 Å². The van der Waals surface area contributed by atoms with Crippen molar-refractivity contribution in [1.29, 1.82) is 0 Å². The molecule has 0 heterocycles. The Morgan fingerprint density at radius 1 is 0.957 bits per heavy atom. The SMILES string of the molecule is CCC(CC)C(=O)Nc1ccc(Nc2c(F)cccc2F)cc1. The highest BCUT2D eigenvalue weighted by Gasteiger charge is 2.14. The lowest BCUT2D eigenvalue weighted by Crippen LogP contribution is -2.21. The standard InChI is InChI=1S/C18H20F2N2O/c1-3-12(4-2)18(23)22-14-10-8-13(9-11-14)21-17-15(19)6-5-7-16(17)20/h5-12,21H,3-4H2,1-2H3,(H,22,23). The molecule has 3 nitrogen and oxygen atoms in total. The Morgan fingerprint density at radius 3 is 2.00 bits per heavy atom. The molecule has 23 heavy (non-hydrogen) atoms. The number of hydrogen-bond donors (Lipinski definition) is 2. The van der Waals surface area contributed by atoms with Gasteiger partial charge in [0, 0.05) is 17.3 Å². The lowest BCUT2D eigenvalue weighted by molar-refractivity contribution is -0.120. The van der Waals surface area contributed by atoms with Gasteiger partial charge in [0.25, 0.3) is 0 Å². The van der Waals surface area contributed by atoms with Gasteiger partial charge in [-0.05, 0) is 49.2 Å². The molecule has 2 N–H and O–H groups in total. The number of anilines is 3. The van der Waals surface area contributed by atoms with Gasteiger partial charge in [-0.3, -0.25) is 4.79 Å². The monoisotopic (exact) mass is 318 g/mol. The van der Waals surface area contributed by atoms with Crippen molar-refractivity contribution in [2.75, 3.05) is 10.6 Å². The zero-order chi connectivity index (χ0) is 16.8. The van der Waals surface area contributed by atoms with Gasteiger partial charge in [-0.15, -0.1) is 0 Å². The van der Waals surface area contributed by atoms with Crippen LogP contribution < -0.4 is 10.6 Å². The van der Waals surface area contributed by atoms with Crippen molar-refractivity contribution in [3.63, 3.8) is 0 Å². The third-order valence-corrected chi connectivity index (χ3v) is 3.74. The molecule has 5 heteroatoms. The average Bonchev–Trinajstić information content (AvgIpc) is 2.54. The maximum atomic E-state index is 13.6. The van der Waals surface area contributed by atoms with Crippen LogP contribution in [0.2, 0.25) is 0 Å². The Kier molecular flexibility index (Phi) is 5.68. The fourth-order valence-electron chi connectivity index (χ4n) is 2.30. The lowest BCUT2D eigenvalue weighted by atomic mass is 10.0. The van der Waals surface area contributed by atoms with Crippen LogP contribution in [0.4, 0.5) is 25.8 Å². The van der Waals surface area contributed by atoms with Crippen molar-refractivity contribution in [2.45, 2.75) is 26.7 Å². The van der Waals surface area contributed by atoms with Crippen molar-refractivity contribution in [3.05, 3.63) is 54.1 Å². The van der Waals surface area contributed by atoms with Gasteiger partial charge >= 0.3 is 0 Å². The third kappa shape index (κ3) is 4.28. The Hall–Kier alpha value is -2.43. The van der Waals surface area contributed by atoms with E-state index in [9.17, 15) is 13.6 Å². The molecule has 0 atom stereocenters. The largest absolute Gasteiger partial charge is 0.351 e. The summed E-state index contributed by atoms with van der Waals surface area (Å²) in [6, 6.07) is 10.4. The molecule has 2 rings (SSSR count). The summed E-state index contributed by atoms with van der Waals surface area (Å²) < 4.78 is 27.2. The molecule has 0 aliphatic rings. The summed E-state index contributed by atoms with van der Waals surface area (Å²) in [6.45, 7) is 3.95. The molecule has 0 aliphatic heterocycles. The van der Waals surface area contributed by atoms with Crippen LogP contribution in [-0.2, 0) is 4.79 Å². The topological polar surface area (TPSA) is 41.1 Å². The second-order valence-electron chi connectivity index (χ2n) is 5.30. The maximum absolute atomic E-state index is 13.6. The van der Waals surface area contributed by atoms with Crippen molar-refractivity contribution < 1.29 is 13.6 Å². The molecule has 0 saturated heterocycles. The van der Waals surface area contributed by atoms with E-state index in [1.54, 1.807) is 24.3 Å². The second-order valence-corrected chi connectivity index (χ2v) is 5.30. The van der Waals surface area contributed by atoms with E-state index in [2.05, 4.69) is 10.6 Å². The Bertz CT molecular complexity index is 647. The molecular weight excluding hydrogens is 298 g/mol. The predicted octanol–water partition coefficient (Wildman–Crippen LogP) is 5.08. The number of halogens is 2. The van der Waals surface area contributed by atoms with Gasteiger partial charge in [-0.25, -0.2) is 8.78 Å². The lowest BCUT2D eigenvalue weighted by Gasteiger charge is -2.13. The van der Waals surface area contributed by atoms with Crippen LogP contribution >= 0.6 is 0 Å². The first kappa shape index (κ1) is 16.9. The minimum absolute atomic E-state index is 0.0136. The number of para-hydroxylation sites is 1. The first-order chi connectivity index (χ1) is 11.0. The fraction of sp³-hybridized carbons (Fsp3) is 0.278. The molecule has 0 spiro atoms. The summed E-state index contributed by atoms with van der Waals surface area (Å²) in [5, 5.41) is 5.55. The second kappa shape index (κ2) is 7.72. The highest BCUT2D eigenvalue weighted by Crippen LogP contribution is 2.24. The summed E-state index contributed by atoms with van der Waals surface area (Å²) >= 11 is 0. The molecule has 1 amide bonds. The predicted molar refractivity (Wildman–Crippen MR) is 88.8 cm³/mol. The summed E-state index contributed by atoms with van der Waals surface area (Å²) in [5.41, 5.74) is 0.998. The van der Waals surface area contributed by atoms with Crippen LogP contribution in [0.3, 0.4) is 0 Å². The van der Waals surface area contributed by atoms with Crippen LogP contribution in [0.1, 0.15) is 26.7 Å². The maximum Gasteiger partial charge on any atom is 0.227 e. The van der Waals surface area contributed by atoms with Crippen LogP contribution in [0, 0.1) is 17.6 Å². The van der Waals surface area contributed by atoms with Gasteiger partial charge in [0.1, 0.15) is 17.3 Å². The summed E-state index contributed by atoms with van der Waals surface area (Å²) in [6.07, 6.45) is 1.57. The first-order valence-corrected chi connectivity index (χ1v) is 7.67. The van der Waals surface area contributed by atoms with Crippen molar-refractivity contribution in [1.82, 2.24) is 0 Å². The van der Waals surface area contributed by atoms with Crippen LogP contribution in [0.15, 0.2) is 42.5 Å². The highest BCUT2D eigenvalue weighted by atomic mass is 19.1. The number of hydrogen-bond acceptors (Lipinski definition) is 2. The molecule has 0 saturated carbocycles. The minimum atomic E-state index is -0.656. The molecule has 0 bridgehead atoms. The normalized spacial score (nSPS) is 10.7. The van der Waals surface area contributed by atoms with E-state index in [0.717, 1.165) is 12.8 Å². The molecule has 2 aromatic carbocycles. The van der Waals surface area contributed by atoms with E-state index < -0.39 is 11.6 Å². The molecule has 122 valence electrons. The van der Waals surface area contributed by atoms with Crippen molar-refractivity contribution in [3.8, 4) is 0 Å². The molecule has 0 aromatic heterocycles. The Morgan fingerprint density at radius 2 is 1.48 bits per heavy atom. The van der Waals surface area contributed by atoms with E-state index in [1.165, 1.54) is 18.2 Å². The molecule has 0 aliphatic carbocycles. The number of amides is 1. The molecule has 0 fully saturated rings. The minimum Gasteiger partial charge on any atom is -0.351 e. The van der Waals surface area contributed by atoms with Crippen molar-refractivity contribution in [2.24, 2.45) is 5.92 Å². The van der Waals surface area contributed by atoms with Gasteiger partial charge < -0.3 is 10.6 Å². The smallest absolute Gasteiger partial charge is 0.227 e.